The van der Waals surface area contributed by atoms with Crippen LogP contribution >= 0.6 is 11.6 Å². The fourth-order valence-electron chi connectivity index (χ4n) is 5.44. The van der Waals surface area contributed by atoms with Gasteiger partial charge in [0.25, 0.3) is 0 Å². The number of phenolic OH excluding ortho intramolecular Hbond substituents is 1. The third kappa shape index (κ3) is 5.87. The lowest BCUT2D eigenvalue weighted by Gasteiger charge is -2.39. The molecule has 9 nitrogen and oxygen atoms in total. The first-order valence-corrected chi connectivity index (χ1v) is 13.0. The maximum Gasteiger partial charge on any atom is 0.429 e. The van der Waals surface area contributed by atoms with E-state index in [4.69, 9.17) is 22.1 Å². The fraction of sp³-hybridized carbons (Fsp3) is 0.370. The smallest absolute Gasteiger partial charge is 0.429 e. The minimum Gasteiger partial charge on any atom is -0.508 e. The van der Waals surface area contributed by atoms with Gasteiger partial charge in [-0.2, -0.15) is 23.1 Å². The van der Waals surface area contributed by atoms with E-state index in [1.807, 2.05) is 4.90 Å². The molecule has 3 aromatic rings. The summed E-state index contributed by atoms with van der Waals surface area (Å²) in [5, 5.41) is 22.5. The SMILES string of the molecule is Nc1nc(O[C@H](c2ccc(Cl)cc2-c2cccc(O)c2)C(F)(F)F)cc(N2CCC3(CC2)CN[C@H](C(=O)O)C3)n1. The minimum atomic E-state index is -4.84. The Hall–Kier alpha value is -3.77. The number of nitrogens with two attached hydrogens (primary N) is 1. The Morgan fingerprint density at radius 1 is 1.18 bits per heavy atom. The summed E-state index contributed by atoms with van der Waals surface area (Å²) in [6.07, 6.45) is -5.37. The van der Waals surface area contributed by atoms with E-state index in [1.54, 1.807) is 6.07 Å². The van der Waals surface area contributed by atoms with Gasteiger partial charge < -0.3 is 30.9 Å². The molecule has 0 saturated carbocycles. The van der Waals surface area contributed by atoms with Crippen molar-refractivity contribution >= 4 is 29.3 Å². The Morgan fingerprint density at radius 2 is 1.93 bits per heavy atom. The number of nitrogen functional groups attached to an aromatic ring is 1. The van der Waals surface area contributed by atoms with Gasteiger partial charge in [0, 0.05) is 36.3 Å². The standard InChI is InChI=1S/C27H27ClF3N5O4/c28-16-4-5-18(19(11-16)15-2-1-3-17(37)10-15)23(27(29,30)31)40-22-12-21(34-25(32)35-22)36-8-6-26(7-9-36)13-20(24(38)39)33-14-26/h1-5,10-12,20,23,33,37H,6-9,13-14H2,(H,38,39)(H2,32,34,35)/t20-,23+/m0/s1. The molecule has 0 amide bonds. The first-order valence-electron chi connectivity index (χ1n) is 12.6. The molecule has 1 spiro atoms. The maximum absolute atomic E-state index is 14.4. The van der Waals surface area contributed by atoms with Crippen molar-refractivity contribution in [2.75, 3.05) is 30.3 Å². The second-order valence-electron chi connectivity index (χ2n) is 10.2. The summed E-state index contributed by atoms with van der Waals surface area (Å²) in [5.74, 6) is -1.27. The molecule has 212 valence electrons. The monoisotopic (exact) mass is 577 g/mol. The number of carboxylic acid groups (broad SMARTS) is 1. The predicted octanol–water partition coefficient (Wildman–Crippen LogP) is 4.80. The molecule has 13 heteroatoms. The van der Waals surface area contributed by atoms with E-state index < -0.39 is 24.3 Å². The summed E-state index contributed by atoms with van der Waals surface area (Å²) in [6.45, 7) is 1.63. The number of carbonyl (C=O) groups is 1. The molecular formula is C27H27ClF3N5O4. The molecular weight excluding hydrogens is 551 g/mol. The van der Waals surface area contributed by atoms with Crippen LogP contribution in [0.25, 0.3) is 11.1 Å². The molecule has 5 N–H and O–H groups in total. The van der Waals surface area contributed by atoms with Crippen molar-refractivity contribution in [1.29, 1.82) is 0 Å². The predicted molar refractivity (Wildman–Crippen MR) is 142 cm³/mol. The van der Waals surface area contributed by atoms with Crippen LogP contribution in [0.4, 0.5) is 24.9 Å². The van der Waals surface area contributed by atoms with E-state index >= 15 is 0 Å². The summed E-state index contributed by atoms with van der Waals surface area (Å²) < 4.78 is 48.8. The molecule has 5 rings (SSSR count). The Balaban J connectivity index is 1.41. The van der Waals surface area contributed by atoms with Crippen LogP contribution < -0.4 is 20.7 Å². The highest BCUT2D eigenvalue weighted by atomic mass is 35.5. The molecule has 2 aromatic carbocycles. The van der Waals surface area contributed by atoms with Crippen LogP contribution in [0.2, 0.25) is 5.02 Å². The van der Waals surface area contributed by atoms with Crippen LogP contribution in [-0.4, -0.2) is 58.0 Å². The fourth-order valence-corrected chi connectivity index (χ4v) is 5.62. The van der Waals surface area contributed by atoms with Crippen molar-refractivity contribution in [1.82, 2.24) is 15.3 Å². The van der Waals surface area contributed by atoms with Gasteiger partial charge in [0.15, 0.2) is 0 Å². The Bertz CT molecular complexity index is 1420. The second kappa shape index (κ2) is 10.7. The number of benzene rings is 2. The zero-order valence-corrected chi connectivity index (χ0v) is 21.9. The number of carboxylic acids is 1. The maximum atomic E-state index is 14.4. The molecule has 2 aliphatic heterocycles. The lowest BCUT2D eigenvalue weighted by atomic mass is 9.76. The van der Waals surface area contributed by atoms with Gasteiger partial charge >= 0.3 is 12.1 Å². The number of anilines is 2. The van der Waals surface area contributed by atoms with Gasteiger partial charge in [0.2, 0.25) is 17.9 Å². The number of halogens is 4. The first-order chi connectivity index (χ1) is 18.9. The molecule has 3 heterocycles. The number of piperidine rings is 1. The quantitative estimate of drug-likeness (QED) is 0.326. The van der Waals surface area contributed by atoms with E-state index in [-0.39, 0.29) is 39.1 Å². The van der Waals surface area contributed by atoms with Gasteiger partial charge in [-0.25, -0.2) is 0 Å². The van der Waals surface area contributed by atoms with E-state index in [0.717, 1.165) is 0 Å². The summed E-state index contributed by atoms with van der Waals surface area (Å²) in [4.78, 5) is 21.4. The third-order valence-electron chi connectivity index (χ3n) is 7.50. The number of hydrogen-bond acceptors (Lipinski definition) is 8. The topological polar surface area (TPSA) is 134 Å². The van der Waals surface area contributed by atoms with Crippen LogP contribution in [0.1, 0.15) is 30.9 Å². The van der Waals surface area contributed by atoms with Gasteiger partial charge in [-0.05, 0) is 60.1 Å². The van der Waals surface area contributed by atoms with E-state index in [1.165, 1.54) is 42.5 Å². The average molecular weight is 578 g/mol. The largest absolute Gasteiger partial charge is 0.508 e. The van der Waals surface area contributed by atoms with Gasteiger partial charge in [-0.3, -0.25) is 4.79 Å². The number of nitrogens with one attached hydrogen (secondary N) is 1. The minimum absolute atomic E-state index is 0.115. The number of ether oxygens (including phenoxy) is 1. The van der Waals surface area contributed by atoms with Crippen molar-refractivity contribution in [3.05, 3.63) is 59.1 Å². The molecule has 2 saturated heterocycles. The summed E-state index contributed by atoms with van der Waals surface area (Å²) >= 11 is 6.12. The van der Waals surface area contributed by atoms with Gasteiger partial charge in [0.1, 0.15) is 17.6 Å². The Kier molecular flexibility index (Phi) is 7.40. The number of rotatable bonds is 6. The number of aliphatic carboxylic acids is 1. The Labute approximate surface area is 232 Å². The number of aromatic nitrogens is 2. The van der Waals surface area contributed by atoms with Crippen molar-refractivity contribution in [2.24, 2.45) is 5.41 Å². The summed E-state index contributed by atoms with van der Waals surface area (Å²) in [6, 6.07) is 10.5. The van der Waals surface area contributed by atoms with Crippen molar-refractivity contribution in [3.63, 3.8) is 0 Å². The molecule has 40 heavy (non-hydrogen) atoms. The van der Waals surface area contributed by atoms with Gasteiger partial charge in [-0.1, -0.05) is 29.8 Å². The van der Waals surface area contributed by atoms with Gasteiger partial charge in [0.05, 0.1) is 0 Å². The van der Waals surface area contributed by atoms with E-state index in [9.17, 15) is 28.2 Å². The normalized spacial score (nSPS) is 19.5. The average Bonchev–Trinajstić information content (AvgIpc) is 3.31. The lowest BCUT2D eigenvalue weighted by molar-refractivity contribution is -0.198. The first kappa shape index (κ1) is 27.8. The zero-order chi connectivity index (χ0) is 28.7. The highest BCUT2D eigenvalue weighted by molar-refractivity contribution is 6.30. The van der Waals surface area contributed by atoms with E-state index in [0.29, 0.717) is 50.3 Å². The number of nitrogens with zero attached hydrogens (tertiary/aromatic N) is 3. The van der Waals surface area contributed by atoms with Crippen LogP contribution in [-0.2, 0) is 4.79 Å². The Morgan fingerprint density at radius 3 is 2.58 bits per heavy atom. The molecule has 2 fully saturated rings. The molecule has 2 aliphatic rings. The van der Waals surface area contributed by atoms with Gasteiger partial charge in [-0.15, -0.1) is 0 Å². The summed E-state index contributed by atoms with van der Waals surface area (Å²) in [5.41, 5.74) is 5.97. The lowest BCUT2D eigenvalue weighted by Crippen LogP contribution is -2.41. The van der Waals surface area contributed by atoms with E-state index in [2.05, 4.69) is 15.3 Å². The third-order valence-corrected chi connectivity index (χ3v) is 7.74. The summed E-state index contributed by atoms with van der Waals surface area (Å²) in [7, 11) is 0. The van der Waals surface area contributed by atoms with Crippen LogP contribution in [0.15, 0.2) is 48.5 Å². The highest BCUT2D eigenvalue weighted by Gasteiger charge is 2.46. The number of alkyl halides is 3. The van der Waals surface area contributed by atoms with Crippen molar-refractivity contribution in [2.45, 2.75) is 37.6 Å². The highest BCUT2D eigenvalue weighted by Crippen LogP contribution is 2.43. The molecule has 2 atom stereocenters. The van der Waals surface area contributed by atoms with Crippen molar-refractivity contribution < 1.29 is 32.9 Å². The van der Waals surface area contributed by atoms with Crippen LogP contribution in [0, 0.1) is 5.41 Å². The molecule has 0 bridgehead atoms. The zero-order valence-electron chi connectivity index (χ0n) is 21.2. The van der Waals surface area contributed by atoms with Crippen LogP contribution in [0.5, 0.6) is 11.6 Å². The van der Waals surface area contributed by atoms with Crippen molar-refractivity contribution in [3.8, 4) is 22.8 Å². The number of aromatic hydroxyl groups is 1. The molecule has 0 unspecified atom stereocenters. The number of hydrogen-bond donors (Lipinski definition) is 4. The van der Waals surface area contributed by atoms with Crippen LogP contribution in [0.3, 0.4) is 0 Å². The molecule has 1 aromatic heterocycles. The molecule has 0 aliphatic carbocycles. The number of phenols is 1. The molecule has 0 radical (unpaired) electrons. The second-order valence-corrected chi connectivity index (χ2v) is 10.6.